The van der Waals surface area contributed by atoms with Crippen molar-refractivity contribution in [1.29, 1.82) is 0 Å². The molecule has 0 spiro atoms. The van der Waals surface area contributed by atoms with E-state index in [9.17, 15) is 0 Å². The van der Waals surface area contributed by atoms with Crippen LogP contribution in [-0.4, -0.2) is 36.3 Å². The van der Waals surface area contributed by atoms with Crippen LogP contribution in [-0.2, 0) is 6.54 Å². The standard InChI is InChI=1S/C13H16N4O3/c1-18-11-5-4-9(6-15-11)14-7-10-12(19-2)16-8-17-13(10)20-3/h4-6,8,14H,7H2,1-3H3. The Bertz CT molecular complexity index is 538. The Morgan fingerprint density at radius 1 is 0.950 bits per heavy atom. The molecule has 0 saturated carbocycles. The minimum absolute atomic E-state index is 0.460. The molecule has 0 amide bonds. The lowest BCUT2D eigenvalue weighted by atomic mass is 10.3. The van der Waals surface area contributed by atoms with E-state index in [1.54, 1.807) is 33.6 Å². The lowest BCUT2D eigenvalue weighted by molar-refractivity contribution is 0.363. The second kappa shape index (κ2) is 6.55. The molecule has 20 heavy (non-hydrogen) atoms. The van der Waals surface area contributed by atoms with E-state index < -0.39 is 0 Å². The summed E-state index contributed by atoms with van der Waals surface area (Å²) in [5.41, 5.74) is 1.59. The number of hydrogen-bond acceptors (Lipinski definition) is 7. The number of ether oxygens (including phenoxy) is 3. The van der Waals surface area contributed by atoms with Crippen LogP contribution in [0.15, 0.2) is 24.7 Å². The molecule has 0 radical (unpaired) electrons. The summed E-state index contributed by atoms with van der Waals surface area (Å²) in [4.78, 5) is 12.2. The van der Waals surface area contributed by atoms with Gasteiger partial charge in [0.15, 0.2) is 0 Å². The van der Waals surface area contributed by atoms with Gasteiger partial charge in [-0.1, -0.05) is 0 Å². The van der Waals surface area contributed by atoms with Gasteiger partial charge in [0.1, 0.15) is 6.33 Å². The van der Waals surface area contributed by atoms with Gasteiger partial charge in [-0.05, 0) is 6.07 Å². The van der Waals surface area contributed by atoms with Crippen molar-refractivity contribution in [3.63, 3.8) is 0 Å². The quantitative estimate of drug-likeness (QED) is 0.856. The lowest BCUT2D eigenvalue weighted by Gasteiger charge is -2.12. The summed E-state index contributed by atoms with van der Waals surface area (Å²) in [5, 5.41) is 3.20. The lowest BCUT2D eigenvalue weighted by Crippen LogP contribution is -2.07. The second-order valence-electron chi connectivity index (χ2n) is 3.81. The number of hydrogen-bond donors (Lipinski definition) is 1. The number of nitrogens with zero attached hydrogens (tertiary/aromatic N) is 3. The molecule has 0 bridgehead atoms. The van der Waals surface area contributed by atoms with Crippen LogP contribution in [0.25, 0.3) is 0 Å². The van der Waals surface area contributed by atoms with E-state index in [1.165, 1.54) is 6.33 Å². The molecule has 0 unspecified atom stereocenters. The number of anilines is 1. The molecule has 7 nitrogen and oxygen atoms in total. The monoisotopic (exact) mass is 276 g/mol. The molecule has 106 valence electrons. The molecule has 2 heterocycles. The average molecular weight is 276 g/mol. The van der Waals surface area contributed by atoms with Gasteiger partial charge in [-0.25, -0.2) is 15.0 Å². The number of rotatable bonds is 6. The summed E-state index contributed by atoms with van der Waals surface area (Å²) in [6, 6.07) is 3.65. The molecular formula is C13H16N4O3. The van der Waals surface area contributed by atoms with Crippen molar-refractivity contribution in [1.82, 2.24) is 15.0 Å². The van der Waals surface area contributed by atoms with Crippen molar-refractivity contribution < 1.29 is 14.2 Å². The number of pyridine rings is 1. The fourth-order valence-electron chi connectivity index (χ4n) is 1.68. The maximum absolute atomic E-state index is 5.21. The zero-order chi connectivity index (χ0) is 14.4. The molecule has 0 atom stereocenters. The normalized spacial score (nSPS) is 9.95. The van der Waals surface area contributed by atoms with Gasteiger partial charge in [-0.15, -0.1) is 0 Å². The third kappa shape index (κ3) is 3.05. The summed E-state index contributed by atoms with van der Waals surface area (Å²) < 4.78 is 15.4. The molecule has 2 aromatic heterocycles. The Morgan fingerprint density at radius 3 is 2.15 bits per heavy atom. The molecule has 0 aliphatic rings. The van der Waals surface area contributed by atoms with Gasteiger partial charge in [-0.2, -0.15) is 0 Å². The maximum atomic E-state index is 5.21. The number of methoxy groups -OCH3 is 3. The van der Waals surface area contributed by atoms with E-state index in [1.807, 2.05) is 6.07 Å². The predicted molar refractivity (Wildman–Crippen MR) is 73.3 cm³/mol. The highest BCUT2D eigenvalue weighted by Gasteiger charge is 2.12. The molecule has 2 aromatic rings. The molecular weight excluding hydrogens is 260 g/mol. The van der Waals surface area contributed by atoms with Crippen molar-refractivity contribution >= 4 is 5.69 Å². The van der Waals surface area contributed by atoms with Gasteiger partial charge in [0.05, 0.1) is 45.3 Å². The largest absolute Gasteiger partial charge is 0.481 e. The Morgan fingerprint density at radius 2 is 1.65 bits per heavy atom. The Balaban J connectivity index is 2.13. The second-order valence-corrected chi connectivity index (χ2v) is 3.81. The van der Waals surface area contributed by atoms with Crippen LogP contribution in [0.5, 0.6) is 17.6 Å². The molecule has 0 aromatic carbocycles. The van der Waals surface area contributed by atoms with Crippen molar-refractivity contribution in [2.24, 2.45) is 0 Å². The topological polar surface area (TPSA) is 78.4 Å². The van der Waals surface area contributed by atoms with Crippen LogP contribution in [0.4, 0.5) is 5.69 Å². The summed E-state index contributed by atoms with van der Waals surface area (Å²) in [7, 11) is 4.69. The first-order chi connectivity index (χ1) is 9.78. The minimum Gasteiger partial charge on any atom is -0.481 e. The number of aromatic nitrogens is 3. The fraction of sp³-hybridized carbons (Fsp3) is 0.308. The summed E-state index contributed by atoms with van der Waals surface area (Å²) >= 11 is 0. The van der Waals surface area contributed by atoms with E-state index in [2.05, 4.69) is 20.3 Å². The first-order valence-electron chi connectivity index (χ1n) is 5.94. The minimum atomic E-state index is 0.460. The molecule has 7 heteroatoms. The van der Waals surface area contributed by atoms with Gasteiger partial charge < -0.3 is 19.5 Å². The Labute approximate surface area is 116 Å². The summed E-state index contributed by atoms with van der Waals surface area (Å²) in [5.74, 6) is 1.52. The van der Waals surface area contributed by atoms with Gasteiger partial charge in [0.25, 0.3) is 0 Å². The van der Waals surface area contributed by atoms with Crippen molar-refractivity contribution in [3.8, 4) is 17.6 Å². The van der Waals surface area contributed by atoms with E-state index >= 15 is 0 Å². The molecule has 0 aliphatic carbocycles. The van der Waals surface area contributed by atoms with Gasteiger partial charge in [0.2, 0.25) is 17.6 Å². The van der Waals surface area contributed by atoms with E-state index in [0.717, 1.165) is 11.3 Å². The smallest absolute Gasteiger partial charge is 0.225 e. The Kier molecular flexibility index (Phi) is 4.54. The molecule has 0 aliphatic heterocycles. The van der Waals surface area contributed by atoms with Crippen molar-refractivity contribution in [3.05, 3.63) is 30.2 Å². The highest BCUT2D eigenvalue weighted by Crippen LogP contribution is 2.24. The summed E-state index contributed by atoms with van der Waals surface area (Å²) in [6.07, 6.45) is 3.08. The maximum Gasteiger partial charge on any atom is 0.225 e. The summed E-state index contributed by atoms with van der Waals surface area (Å²) in [6.45, 7) is 0.460. The number of nitrogens with one attached hydrogen (secondary N) is 1. The third-order valence-electron chi connectivity index (χ3n) is 2.67. The highest BCUT2D eigenvalue weighted by atomic mass is 16.5. The van der Waals surface area contributed by atoms with Gasteiger partial charge in [0, 0.05) is 6.07 Å². The molecule has 0 fully saturated rings. The van der Waals surface area contributed by atoms with Crippen LogP contribution < -0.4 is 19.5 Å². The first kappa shape index (κ1) is 13.9. The van der Waals surface area contributed by atoms with Gasteiger partial charge >= 0.3 is 0 Å². The SMILES string of the molecule is COc1ccc(NCc2c(OC)ncnc2OC)cn1. The zero-order valence-corrected chi connectivity index (χ0v) is 11.6. The Hall–Kier alpha value is -2.57. The van der Waals surface area contributed by atoms with Crippen LogP contribution in [0.3, 0.4) is 0 Å². The van der Waals surface area contributed by atoms with Crippen LogP contribution in [0.2, 0.25) is 0 Å². The van der Waals surface area contributed by atoms with Crippen molar-refractivity contribution in [2.45, 2.75) is 6.54 Å². The highest BCUT2D eigenvalue weighted by molar-refractivity contribution is 5.45. The average Bonchev–Trinajstić information content (AvgIpc) is 2.52. The fourth-order valence-corrected chi connectivity index (χ4v) is 1.68. The first-order valence-corrected chi connectivity index (χ1v) is 5.94. The van der Waals surface area contributed by atoms with Gasteiger partial charge in [-0.3, -0.25) is 0 Å². The van der Waals surface area contributed by atoms with E-state index in [0.29, 0.717) is 24.2 Å². The van der Waals surface area contributed by atoms with E-state index in [-0.39, 0.29) is 0 Å². The van der Waals surface area contributed by atoms with Crippen LogP contribution in [0.1, 0.15) is 5.56 Å². The molecule has 1 N–H and O–H groups in total. The van der Waals surface area contributed by atoms with E-state index in [4.69, 9.17) is 14.2 Å². The van der Waals surface area contributed by atoms with Crippen molar-refractivity contribution in [2.75, 3.05) is 26.6 Å². The third-order valence-corrected chi connectivity index (χ3v) is 2.67. The zero-order valence-electron chi connectivity index (χ0n) is 11.6. The van der Waals surface area contributed by atoms with Crippen LogP contribution in [0, 0.1) is 0 Å². The predicted octanol–water partition coefficient (Wildman–Crippen LogP) is 1.51. The molecule has 2 rings (SSSR count). The molecule has 0 saturated heterocycles. The van der Waals surface area contributed by atoms with Crippen LogP contribution >= 0.6 is 0 Å².